The number of hydrogen-bond donors (Lipinski definition) is 2. The van der Waals surface area contributed by atoms with Gasteiger partial charge in [-0.25, -0.2) is 0 Å². The molecule has 2 atom stereocenters. The zero-order chi connectivity index (χ0) is 26.7. The Labute approximate surface area is 245 Å². The van der Waals surface area contributed by atoms with Gasteiger partial charge < -0.3 is 32.1 Å². The van der Waals surface area contributed by atoms with Gasteiger partial charge in [-0.2, -0.15) is 0 Å². The van der Waals surface area contributed by atoms with Gasteiger partial charge in [0, 0.05) is 52.0 Å². The van der Waals surface area contributed by atoms with Gasteiger partial charge in [0.25, 0.3) is 0 Å². The molecular formula is C30H42ClCrN2O4-. The fourth-order valence-electron chi connectivity index (χ4n) is 4.63. The smallest absolute Gasteiger partial charge is 0.128 e. The molecule has 38 heavy (non-hydrogen) atoms. The molecule has 0 aromatic heterocycles. The van der Waals surface area contributed by atoms with Crippen molar-refractivity contribution in [3.05, 3.63) is 46.5 Å². The molecule has 1 fully saturated rings. The first kappa shape index (κ1) is 33.8. The maximum absolute atomic E-state index is 10.9. The third-order valence-electron chi connectivity index (χ3n) is 6.82. The van der Waals surface area contributed by atoms with Crippen molar-refractivity contribution in [2.45, 2.75) is 90.1 Å². The van der Waals surface area contributed by atoms with E-state index in [1.807, 2.05) is 24.3 Å². The Bertz CT molecular complexity index is 1050. The van der Waals surface area contributed by atoms with Crippen molar-refractivity contribution in [2.75, 3.05) is 14.2 Å². The zero-order valence-electron chi connectivity index (χ0n) is 23.8. The van der Waals surface area contributed by atoms with Gasteiger partial charge in [-0.05, 0) is 47.9 Å². The second-order valence-electron chi connectivity index (χ2n) is 11.7. The average molecular weight is 582 g/mol. The van der Waals surface area contributed by atoms with E-state index in [1.165, 1.54) is 0 Å². The topological polar surface area (TPSA) is 83.6 Å². The summed E-state index contributed by atoms with van der Waals surface area (Å²) in [6.45, 7) is 12.4. The van der Waals surface area contributed by atoms with Crippen LogP contribution in [0.3, 0.4) is 0 Å². The number of halogens is 1. The molecule has 1 aliphatic carbocycles. The van der Waals surface area contributed by atoms with Crippen LogP contribution in [-0.2, 0) is 28.2 Å². The van der Waals surface area contributed by atoms with Crippen molar-refractivity contribution in [1.82, 2.24) is 0 Å². The Morgan fingerprint density at radius 3 is 1.34 bits per heavy atom. The summed E-state index contributed by atoms with van der Waals surface area (Å²) in [6, 6.07) is 7.39. The zero-order valence-corrected chi connectivity index (χ0v) is 25.9. The Balaban J connectivity index is 0.00000361. The molecule has 2 aromatic rings. The predicted molar refractivity (Wildman–Crippen MR) is 148 cm³/mol. The van der Waals surface area contributed by atoms with Crippen molar-refractivity contribution in [3.63, 3.8) is 0 Å². The van der Waals surface area contributed by atoms with Crippen molar-refractivity contribution < 1.29 is 49.5 Å². The molecule has 1 aliphatic rings. The molecule has 0 heterocycles. The van der Waals surface area contributed by atoms with Gasteiger partial charge in [0.15, 0.2) is 0 Å². The van der Waals surface area contributed by atoms with Crippen molar-refractivity contribution in [3.8, 4) is 23.0 Å². The van der Waals surface area contributed by atoms with Crippen LogP contribution in [0, 0.1) is 0 Å². The van der Waals surface area contributed by atoms with Crippen molar-refractivity contribution in [2.24, 2.45) is 9.98 Å². The summed E-state index contributed by atoms with van der Waals surface area (Å²) in [5, 5.41) is 21.9. The number of phenols is 2. The number of phenolic OH excluding ortho intramolecular Hbond substituents is 2. The summed E-state index contributed by atoms with van der Waals surface area (Å²) in [5.41, 5.74) is 2.47. The standard InChI is InChI=1S/C30H42N2O4.ClH.Cr/c1-29(2,3)23-15-21(35-7)13-19(27(23)33)17-31-25-11-9-10-12-26(25)32-18-20-14-22(36-8)16-24(28(20)34)30(4,5)6;;/h13-18,25-26,33-34H,9-12H2,1-8H3;1H;/p-1/t25-,26-;;/m1../s1. The van der Waals surface area contributed by atoms with E-state index >= 15 is 0 Å². The molecule has 8 heteroatoms. The van der Waals surface area contributed by atoms with Gasteiger partial charge >= 0.3 is 0 Å². The van der Waals surface area contributed by atoms with Crippen molar-refractivity contribution >= 4 is 12.4 Å². The van der Waals surface area contributed by atoms with E-state index in [-0.39, 0.29) is 64.2 Å². The summed E-state index contributed by atoms with van der Waals surface area (Å²) >= 11 is 0. The molecule has 2 aromatic carbocycles. The second-order valence-corrected chi connectivity index (χ2v) is 11.7. The molecule has 0 amide bonds. The van der Waals surface area contributed by atoms with Crippen LogP contribution < -0.4 is 21.9 Å². The summed E-state index contributed by atoms with van der Waals surface area (Å²) < 4.78 is 11.0. The first-order chi connectivity index (χ1) is 16.8. The van der Waals surface area contributed by atoms with E-state index in [0.29, 0.717) is 22.6 Å². The van der Waals surface area contributed by atoms with Gasteiger partial charge in [-0.1, -0.05) is 54.4 Å². The molecule has 0 spiro atoms. The Hall–Kier alpha value is -2.20. The number of aromatic hydroxyl groups is 2. The molecule has 0 bridgehead atoms. The fourth-order valence-corrected chi connectivity index (χ4v) is 4.63. The number of nitrogens with zero attached hydrogens (tertiary/aromatic N) is 2. The van der Waals surface area contributed by atoms with Gasteiger partial charge in [0.2, 0.25) is 0 Å². The molecule has 1 saturated carbocycles. The van der Waals surface area contributed by atoms with Crippen LogP contribution in [0.1, 0.15) is 89.5 Å². The van der Waals surface area contributed by atoms with Crippen LogP contribution in [0.15, 0.2) is 34.3 Å². The number of benzene rings is 2. The minimum absolute atomic E-state index is 0. The third kappa shape index (κ3) is 8.15. The predicted octanol–water partition coefficient (Wildman–Crippen LogP) is 3.56. The number of hydrogen-bond acceptors (Lipinski definition) is 6. The van der Waals surface area contributed by atoms with Crippen LogP contribution in [0.25, 0.3) is 0 Å². The largest absolute Gasteiger partial charge is 1.00 e. The van der Waals surface area contributed by atoms with E-state index < -0.39 is 0 Å². The molecule has 0 aliphatic heterocycles. The molecule has 3 rings (SSSR count). The molecule has 0 unspecified atom stereocenters. The van der Waals surface area contributed by atoms with E-state index in [4.69, 9.17) is 19.5 Å². The Morgan fingerprint density at radius 2 is 1.05 bits per heavy atom. The first-order valence-corrected chi connectivity index (χ1v) is 12.7. The third-order valence-corrected chi connectivity index (χ3v) is 6.82. The SMILES string of the molecule is COc1cc(C=N[C@@H]2CCCC[C@H]2N=Cc2cc(OC)cc(C(C)(C)C)c2O)c(O)c(C(C)(C)C)c1.[Cl-].[Cr]. The normalized spacial score (nSPS) is 18.2. The fraction of sp³-hybridized carbons (Fsp3) is 0.533. The van der Waals surface area contributed by atoms with Gasteiger partial charge in [-0.3, -0.25) is 9.98 Å². The average Bonchev–Trinajstić information content (AvgIpc) is 2.81. The molecule has 210 valence electrons. The maximum atomic E-state index is 10.9. The van der Waals surface area contributed by atoms with E-state index in [1.54, 1.807) is 26.6 Å². The molecule has 0 saturated heterocycles. The van der Waals surface area contributed by atoms with Crippen molar-refractivity contribution in [1.29, 1.82) is 0 Å². The van der Waals surface area contributed by atoms with Crippen LogP contribution in [0.4, 0.5) is 0 Å². The van der Waals surface area contributed by atoms with E-state index in [9.17, 15) is 10.2 Å². The maximum Gasteiger partial charge on any atom is 0.128 e. The minimum atomic E-state index is -0.233. The monoisotopic (exact) mass is 581 g/mol. The summed E-state index contributed by atoms with van der Waals surface area (Å²) in [4.78, 5) is 9.76. The van der Waals surface area contributed by atoms with Gasteiger partial charge in [0.05, 0.1) is 26.3 Å². The number of methoxy groups -OCH3 is 2. The minimum Gasteiger partial charge on any atom is -1.00 e. The quantitative estimate of drug-likeness (QED) is 0.511. The van der Waals surface area contributed by atoms with E-state index in [2.05, 4.69) is 41.5 Å². The first-order valence-electron chi connectivity index (χ1n) is 12.7. The van der Waals surface area contributed by atoms with Crippen LogP contribution in [0.5, 0.6) is 23.0 Å². The summed E-state index contributed by atoms with van der Waals surface area (Å²) in [6.07, 6.45) is 7.53. The number of ether oxygens (including phenoxy) is 2. The molecule has 2 N–H and O–H groups in total. The summed E-state index contributed by atoms with van der Waals surface area (Å²) in [5.74, 6) is 1.86. The Kier molecular flexibility index (Phi) is 12.2. The molecule has 0 radical (unpaired) electrons. The number of rotatable bonds is 6. The second kappa shape index (κ2) is 13.7. The van der Waals surface area contributed by atoms with E-state index in [0.717, 1.165) is 36.8 Å². The summed E-state index contributed by atoms with van der Waals surface area (Å²) in [7, 11) is 3.26. The number of aliphatic imine (C=N–C) groups is 2. The van der Waals surface area contributed by atoms with Crippen LogP contribution >= 0.6 is 0 Å². The molecule has 6 nitrogen and oxygen atoms in total. The van der Waals surface area contributed by atoms with Crippen LogP contribution in [-0.4, -0.2) is 48.9 Å². The molecular weight excluding hydrogens is 540 g/mol. The van der Waals surface area contributed by atoms with Crippen LogP contribution in [0.2, 0.25) is 0 Å². The van der Waals surface area contributed by atoms with Gasteiger partial charge in [-0.15, -0.1) is 0 Å². The van der Waals surface area contributed by atoms with Gasteiger partial charge in [0.1, 0.15) is 23.0 Å². The Morgan fingerprint density at radius 1 is 0.711 bits per heavy atom.